The molecule has 48 heavy (non-hydrogen) atoms. The summed E-state index contributed by atoms with van der Waals surface area (Å²) in [5.41, 5.74) is 11.8. The maximum absolute atomic E-state index is 10.1. The number of benzene rings is 7. The number of hydrogen-bond donors (Lipinski definition) is 0. The second-order valence-electron chi connectivity index (χ2n) is 12.0. The standard InChI is InChI=1S/C44H26N4/c1-46-31-20-25-44-40(26-31)38-14-6-9-17-43(38)48(44)33-23-24-35(34-11-3-2-10-30(34)28-45)39(27-33)29-18-21-32(22-19-29)47-41-15-7-4-12-36(41)37-13-5-8-16-42(37)47/h2-27H. The van der Waals surface area contributed by atoms with Gasteiger partial charge in [0.25, 0.3) is 0 Å². The van der Waals surface area contributed by atoms with E-state index in [-0.39, 0.29) is 0 Å². The summed E-state index contributed by atoms with van der Waals surface area (Å²) in [5, 5.41) is 14.7. The second-order valence-corrected chi connectivity index (χ2v) is 12.0. The molecular weight excluding hydrogens is 585 g/mol. The van der Waals surface area contributed by atoms with E-state index in [9.17, 15) is 5.26 Å². The number of hydrogen-bond acceptors (Lipinski definition) is 1. The van der Waals surface area contributed by atoms with Crippen molar-refractivity contribution in [3.05, 3.63) is 175 Å². The quantitative estimate of drug-likeness (QED) is 0.183. The van der Waals surface area contributed by atoms with Gasteiger partial charge < -0.3 is 9.13 Å². The molecule has 0 aliphatic heterocycles. The lowest BCUT2D eigenvalue weighted by atomic mass is 9.91. The van der Waals surface area contributed by atoms with Crippen molar-refractivity contribution in [1.29, 1.82) is 5.26 Å². The SMILES string of the molecule is [C-]#[N+]c1ccc2c(c1)c1ccccc1n2-c1ccc(-c2ccccc2C#N)c(-c2ccc(-n3c4ccccc4c4ccccc43)cc2)c1. The summed E-state index contributed by atoms with van der Waals surface area (Å²) in [6.07, 6.45) is 0. The Morgan fingerprint density at radius 2 is 1.00 bits per heavy atom. The van der Waals surface area contributed by atoms with Crippen LogP contribution in [-0.2, 0) is 0 Å². The summed E-state index contributed by atoms with van der Waals surface area (Å²) in [6.45, 7) is 7.59. The predicted molar refractivity (Wildman–Crippen MR) is 197 cm³/mol. The molecule has 9 rings (SSSR count). The van der Waals surface area contributed by atoms with Gasteiger partial charge in [-0.3, -0.25) is 0 Å². The van der Waals surface area contributed by atoms with Crippen molar-refractivity contribution in [2.24, 2.45) is 0 Å². The van der Waals surface area contributed by atoms with Crippen LogP contribution in [0.3, 0.4) is 0 Å². The zero-order valence-electron chi connectivity index (χ0n) is 25.8. The molecule has 2 heterocycles. The average Bonchev–Trinajstić information content (AvgIpc) is 3.67. The fraction of sp³-hybridized carbons (Fsp3) is 0. The Morgan fingerprint density at radius 3 is 1.65 bits per heavy atom. The van der Waals surface area contributed by atoms with Crippen LogP contribution in [0.25, 0.3) is 82.1 Å². The highest BCUT2D eigenvalue weighted by Crippen LogP contribution is 2.40. The summed E-state index contributed by atoms with van der Waals surface area (Å²) in [5.74, 6) is 0. The van der Waals surface area contributed by atoms with Gasteiger partial charge in [-0.2, -0.15) is 5.26 Å². The maximum atomic E-state index is 10.1. The van der Waals surface area contributed by atoms with Gasteiger partial charge >= 0.3 is 0 Å². The van der Waals surface area contributed by atoms with Crippen molar-refractivity contribution in [2.75, 3.05) is 0 Å². The molecule has 2 aromatic heterocycles. The predicted octanol–water partition coefficient (Wildman–Crippen LogP) is 11.6. The molecule has 0 atom stereocenters. The third-order valence-corrected chi connectivity index (χ3v) is 9.40. The number of para-hydroxylation sites is 3. The molecule has 0 spiro atoms. The van der Waals surface area contributed by atoms with Crippen molar-refractivity contribution in [2.45, 2.75) is 0 Å². The third kappa shape index (κ3) is 4.14. The first-order chi connectivity index (χ1) is 23.7. The highest BCUT2D eigenvalue weighted by molar-refractivity contribution is 6.11. The Kier molecular flexibility index (Phi) is 6.22. The number of rotatable bonds is 4. The molecular formula is C44H26N4. The smallest absolute Gasteiger partial charge is 0.188 e. The van der Waals surface area contributed by atoms with Gasteiger partial charge in [0.1, 0.15) is 0 Å². The molecule has 0 radical (unpaired) electrons. The van der Waals surface area contributed by atoms with E-state index in [0.29, 0.717) is 11.3 Å². The van der Waals surface area contributed by atoms with Gasteiger partial charge in [0.05, 0.1) is 40.3 Å². The van der Waals surface area contributed by atoms with E-state index < -0.39 is 0 Å². The molecule has 7 aromatic carbocycles. The number of nitrogens with zero attached hydrogens (tertiary/aromatic N) is 4. The molecule has 0 fully saturated rings. The van der Waals surface area contributed by atoms with Crippen LogP contribution < -0.4 is 0 Å². The molecule has 0 saturated carbocycles. The van der Waals surface area contributed by atoms with Crippen LogP contribution in [0.15, 0.2) is 158 Å². The van der Waals surface area contributed by atoms with E-state index >= 15 is 0 Å². The number of nitriles is 1. The summed E-state index contributed by atoms with van der Waals surface area (Å²) in [4.78, 5) is 3.70. The van der Waals surface area contributed by atoms with E-state index in [4.69, 9.17) is 6.57 Å². The minimum Gasteiger partial charge on any atom is -0.309 e. The van der Waals surface area contributed by atoms with Gasteiger partial charge in [-0.25, -0.2) is 4.85 Å². The van der Waals surface area contributed by atoms with Crippen LogP contribution >= 0.6 is 0 Å². The Labute approximate surface area is 277 Å². The van der Waals surface area contributed by atoms with E-state index in [0.717, 1.165) is 55.4 Å². The number of fused-ring (bicyclic) bond motifs is 6. The molecule has 0 amide bonds. The second kappa shape index (κ2) is 10.9. The zero-order valence-corrected chi connectivity index (χ0v) is 25.8. The molecule has 4 heteroatoms. The minimum atomic E-state index is 0.623. The molecule has 0 saturated heterocycles. The van der Waals surface area contributed by atoms with Crippen molar-refractivity contribution in [1.82, 2.24) is 9.13 Å². The Bertz CT molecular complexity index is 2750. The van der Waals surface area contributed by atoms with Crippen LogP contribution in [0.2, 0.25) is 0 Å². The van der Waals surface area contributed by atoms with E-state index in [1.54, 1.807) is 0 Å². The largest absolute Gasteiger partial charge is 0.309 e. The lowest BCUT2D eigenvalue weighted by Crippen LogP contribution is -1.97. The van der Waals surface area contributed by atoms with Crippen molar-refractivity contribution in [3.63, 3.8) is 0 Å². The Balaban J connectivity index is 1.27. The first-order valence-electron chi connectivity index (χ1n) is 15.9. The van der Waals surface area contributed by atoms with Crippen LogP contribution in [0, 0.1) is 17.9 Å². The van der Waals surface area contributed by atoms with E-state index in [1.807, 2.05) is 48.5 Å². The van der Waals surface area contributed by atoms with Crippen LogP contribution in [0.1, 0.15) is 5.56 Å². The van der Waals surface area contributed by atoms with Gasteiger partial charge in [0, 0.05) is 33.1 Å². The average molecular weight is 611 g/mol. The molecule has 4 nitrogen and oxygen atoms in total. The molecule has 0 bridgehead atoms. The van der Waals surface area contributed by atoms with Crippen molar-refractivity contribution < 1.29 is 0 Å². The monoisotopic (exact) mass is 610 g/mol. The highest BCUT2D eigenvalue weighted by atomic mass is 15.0. The van der Waals surface area contributed by atoms with E-state index in [1.165, 1.54) is 21.8 Å². The number of aromatic nitrogens is 2. The Morgan fingerprint density at radius 1 is 0.458 bits per heavy atom. The third-order valence-electron chi connectivity index (χ3n) is 9.40. The van der Waals surface area contributed by atoms with Crippen LogP contribution in [0.4, 0.5) is 5.69 Å². The lowest BCUT2D eigenvalue weighted by molar-refractivity contribution is 1.18. The molecule has 9 aromatic rings. The first kappa shape index (κ1) is 27.4. The highest BCUT2D eigenvalue weighted by Gasteiger charge is 2.18. The zero-order chi connectivity index (χ0) is 32.2. The van der Waals surface area contributed by atoms with Crippen LogP contribution in [0.5, 0.6) is 0 Å². The van der Waals surface area contributed by atoms with Gasteiger partial charge in [-0.15, -0.1) is 0 Å². The summed E-state index contributed by atoms with van der Waals surface area (Å²) in [7, 11) is 0. The van der Waals surface area contributed by atoms with E-state index in [2.05, 4.69) is 129 Å². The van der Waals surface area contributed by atoms with Crippen LogP contribution in [-0.4, -0.2) is 9.13 Å². The first-order valence-corrected chi connectivity index (χ1v) is 15.9. The molecule has 0 aliphatic carbocycles. The van der Waals surface area contributed by atoms with Gasteiger partial charge in [-0.1, -0.05) is 97.1 Å². The lowest BCUT2D eigenvalue weighted by Gasteiger charge is -2.16. The molecule has 0 unspecified atom stereocenters. The normalized spacial score (nSPS) is 11.3. The summed E-state index contributed by atoms with van der Waals surface area (Å²) in [6, 6.07) is 56.8. The molecule has 0 N–H and O–H groups in total. The summed E-state index contributed by atoms with van der Waals surface area (Å²) >= 11 is 0. The van der Waals surface area contributed by atoms with Crippen molar-refractivity contribution >= 4 is 49.3 Å². The fourth-order valence-electron chi connectivity index (χ4n) is 7.26. The minimum absolute atomic E-state index is 0.623. The topological polar surface area (TPSA) is 38.0 Å². The molecule has 0 aliphatic rings. The van der Waals surface area contributed by atoms with Gasteiger partial charge in [0.15, 0.2) is 5.69 Å². The molecule has 222 valence electrons. The summed E-state index contributed by atoms with van der Waals surface area (Å²) < 4.78 is 4.60. The Hall–Kier alpha value is -6.88. The van der Waals surface area contributed by atoms with Crippen molar-refractivity contribution in [3.8, 4) is 39.7 Å². The van der Waals surface area contributed by atoms with Gasteiger partial charge in [0.2, 0.25) is 0 Å². The fourth-order valence-corrected chi connectivity index (χ4v) is 7.26. The van der Waals surface area contributed by atoms with Gasteiger partial charge in [-0.05, 0) is 82.7 Å². The maximum Gasteiger partial charge on any atom is 0.188 e.